The number of ether oxygens (including phenoxy) is 1. The van der Waals surface area contributed by atoms with Crippen LogP contribution in [0, 0.1) is 11.3 Å². The summed E-state index contributed by atoms with van der Waals surface area (Å²) < 4.78 is 5.53. The van der Waals surface area contributed by atoms with E-state index in [9.17, 15) is 10.1 Å². The van der Waals surface area contributed by atoms with Crippen molar-refractivity contribution >= 4 is 11.8 Å². The van der Waals surface area contributed by atoms with Crippen molar-refractivity contribution in [2.45, 2.75) is 38.6 Å². The van der Waals surface area contributed by atoms with E-state index in [4.69, 9.17) is 10.5 Å². The Morgan fingerprint density at radius 1 is 0.971 bits per heavy atom. The number of carbonyl (C=O) groups is 1. The number of anilines is 1. The van der Waals surface area contributed by atoms with Gasteiger partial charge in [0.1, 0.15) is 6.61 Å². The van der Waals surface area contributed by atoms with E-state index in [-0.39, 0.29) is 18.7 Å². The molecular weight excluding hydrogens is 424 g/mol. The molecule has 6 nitrogen and oxygen atoms in total. The molecule has 1 amide bonds. The number of carbonyl (C=O) groups excluding carboxylic acids is 1. The van der Waals surface area contributed by atoms with Crippen LogP contribution in [0.1, 0.15) is 35.1 Å². The van der Waals surface area contributed by atoms with Gasteiger partial charge in [-0.3, -0.25) is 0 Å². The average Bonchev–Trinajstić information content (AvgIpc) is 2.91. The highest BCUT2D eigenvalue weighted by atomic mass is 16.6. The molecule has 0 saturated carbocycles. The van der Waals surface area contributed by atoms with E-state index in [1.54, 1.807) is 4.90 Å². The highest BCUT2D eigenvalue weighted by molar-refractivity contribution is 5.67. The number of rotatable bonds is 7. The summed E-state index contributed by atoms with van der Waals surface area (Å²) >= 11 is 0. The van der Waals surface area contributed by atoms with Crippen LogP contribution < -0.4 is 10.6 Å². The molecule has 34 heavy (non-hydrogen) atoms. The van der Waals surface area contributed by atoms with Gasteiger partial charge in [-0.2, -0.15) is 5.26 Å². The van der Waals surface area contributed by atoms with E-state index in [1.807, 2.05) is 48.5 Å². The van der Waals surface area contributed by atoms with E-state index < -0.39 is 0 Å². The minimum Gasteiger partial charge on any atom is -0.445 e. The largest absolute Gasteiger partial charge is 0.445 e. The van der Waals surface area contributed by atoms with Gasteiger partial charge in [0.05, 0.1) is 11.6 Å². The normalized spacial score (nSPS) is 13.8. The molecule has 0 aromatic heterocycles. The monoisotopic (exact) mass is 454 g/mol. The molecule has 0 radical (unpaired) electrons. The molecule has 0 spiro atoms. The first-order valence-corrected chi connectivity index (χ1v) is 11.7. The second-order valence-electron chi connectivity index (χ2n) is 8.57. The molecule has 6 heteroatoms. The minimum atomic E-state index is -0.261. The molecule has 0 bridgehead atoms. The molecule has 3 aromatic rings. The van der Waals surface area contributed by atoms with E-state index in [0.29, 0.717) is 31.7 Å². The predicted molar refractivity (Wildman–Crippen MR) is 133 cm³/mol. The Morgan fingerprint density at radius 2 is 1.68 bits per heavy atom. The molecule has 1 aliphatic rings. The standard InChI is InChI=1S/C28H30N4O2/c29-18-22-9-11-26(12-10-22)32(20-25-8-4-7-24(17-25)19-30)27-13-15-31(16-14-27)28(33)34-21-23-5-2-1-3-6-23/h1-12,17,27H,13-16,18,20-21,29H2. The third-order valence-corrected chi connectivity index (χ3v) is 6.28. The molecular formula is C28H30N4O2. The lowest BCUT2D eigenvalue weighted by Crippen LogP contribution is -2.46. The Morgan fingerprint density at radius 3 is 2.35 bits per heavy atom. The number of hydrogen-bond acceptors (Lipinski definition) is 5. The fourth-order valence-electron chi connectivity index (χ4n) is 4.36. The van der Waals surface area contributed by atoms with Gasteiger partial charge >= 0.3 is 6.09 Å². The SMILES string of the molecule is N#Cc1cccc(CN(c2ccc(CN)cc2)C2CCN(C(=O)OCc3ccccc3)CC2)c1. The summed E-state index contributed by atoms with van der Waals surface area (Å²) in [6.07, 6.45) is 1.43. The third-order valence-electron chi connectivity index (χ3n) is 6.28. The van der Waals surface area contributed by atoms with Crippen LogP contribution >= 0.6 is 0 Å². The fraction of sp³-hybridized carbons (Fsp3) is 0.286. The first-order valence-electron chi connectivity index (χ1n) is 11.7. The maximum atomic E-state index is 12.6. The quantitative estimate of drug-likeness (QED) is 0.553. The third kappa shape index (κ3) is 5.94. The second-order valence-corrected chi connectivity index (χ2v) is 8.57. The number of likely N-dealkylation sites (tertiary alicyclic amines) is 1. The van der Waals surface area contributed by atoms with Crippen molar-refractivity contribution in [2.75, 3.05) is 18.0 Å². The van der Waals surface area contributed by atoms with Crippen molar-refractivity contribution in [2.24, 2.45) is 5.73 Å². The molecule has 0 atom stereocenters. The zero-order valence-corrected chi connectivity index (χ0v) is 19.3. The van der Waals surface area contributed by atoms with Gasteiger partial charge in [0.15, 0.2) is 0 Å². The Labute approximate surface area is 201 Å². The molecule has 174 valence electrons. The molecule has 4 rings (SSSR count). The number of benzene rings is 3. The summed E-state index contributed by atoms with van der Waals surface area (Å²) in [6, 6.07) is 28.3. The lowest BCUT2D eigenvalue weighted by molar-refractivity contribution is 0.0867. The number of nitrogens with two attached hydrogens (primary N) is 1. The number of nitriles is 1. The molecule has 0 aliphatic carbocycles. The van der Waals surface area contributed by atoms with E-state index >= 15 is 0 Å². The second kappa shape index (κ2) is 11.4. The Kier molecular flexibility index (Phi) is 7.79. The van der Waals surface area contributed by atoms with Crippen molar-refractivity contribution in [3.05, 3.63) is 101 Å². The van der Waals surface area contributed by atoms with Crippen LogP contribution in [-0.4, -0.2) is 30.1 Å². The van der Waals surface area contributed by atoms with E-state index in [2.05, 4.69) is 41.3 Å². The van der Waals surface area contributed by atoms with Gasteiger partial charge in [0.25, 0.3) is 0 Å². The van der Waals surface area contributed by atoms with Gasteiger partial charge in [0.2, 0.25) is 0 Å². The molecule has 3 aromatic carbocycles. The first-order chi connectivity index (χ1) is 16.7. The number of piperidine rings is 1. The van der Waals surface area contributed by atoms with Crippen LogP contribution in [0.3, 0.4) is 0 Å². The predicted octanol–water partition coefficient (Wildman–Crippen LogP) is 4.82. The smallest absolute Gasteiger partial charge is 0.410 e. The number of hydrogen-bond donors (Lipinski definition) is 1. The summed E-state index contributed by atoms with van der Waals surface area (Å²) in [4.78, 5) is 16.8. The van der Waals surface area contributed by atoms with E-state index in [0.717, 1.165) is 35.2 Å². The maximum Gasteiger partial charge on any atom is 0.410 e. The van der Waals surface area contributed by atoms with Gasteiger partial charge < -0.3 is 20.3 Å². The molecule has 1 saturated heterocycles. The molecule has 1 aliphatic heterocycles. The van der Waals surface area contributed by atoms with Gasteiger partial charge in [-0.1, -0.05) is 54.6 Å². The van der Waals surface area contributed by atoms with Crippen LogP contribution in [0.5, 0.6) is 0 Å². The highest BCUT2D eigenvalue weighted by Gasteiger charge is 2.28. The van der Waals surface area contributed by atoms with Gasteiger partial charge in [-0.25, -0.2) is 4.79 Å². The van der Waals surface area contributed by atoms with Crippen LogP contribution in [0.25, 0.3) is 0 Å². The number of amides is 1. The lowest BCUT2D eigenvalue weighted by Gasteiger charge is -2.39. The summed E-state index contributed by atoms with van der Waals surface area (Å²) in [6.45, 7) is 2.78. The molecule has 2 N–H and O–H groups in total. The maximum absolute atomic E-state index is 12.6. The topological polar surface area (TPSA) is 82.6 Å². The summed E-state index contributed by atoms with van der Waals surface area (Å²) in [5.74, 6) is 0. The fourth-order valence-corrected chi connectivity index (χ4v) is 4.36. The Balaban J connectivity index is 1.43. The Bertz CT molecular complexity index is 1120. The summed E-state index contributed by atoms with van der Waals surface area (Å²) in [7, 11) is 0. The van der Waals surface area contributed by atoms with Gasteiger partial charge in [-0.15, -0.1) is 0 Å². The van der Waals surface area contributed by atoms with Gasteiger partial charge in [-0.05, 0) is 53.8 Å². The van der Waals surface area contributed by atoms with Crippen molar-refractivity contribution < 1.29 is 9.53 Å². The summed E-state index contributed by atoms with van der Waals surface area (Å²) in [5.41, 5.74) is 10.7. The van der Waals surface area contributed by atoms with Gasteiger partial charge in [0, 0.05) is 37.9 Å². The molecule has 1 heterocycles. The first kappa shape index (κ1) is 23.3. The molecule has 0 unspecified atom stereocenters. The highest BCUT2D eigenvalue weighted by Crippen LogP contribution is 2.27. The van der Waals surface area contributed by atoms with Crippen LogP contribution in [0.2, 0.25) is 0 Å². The van der Waals surface area contributed by atoms with Crippen molar-refractivity contribution in [3.63, 3.8) is 0 Å². The van der Waals surface area contributed by atoms with Crippen molar-refractivity contribution in [1.29, 1.82) is 5.26 Å². The average molecular weight is 455 g/mol. The van der Waals surface area contributed by atoms with Crippen LogP contribution in [0.15, 0.2) is 78.9 Å². The van der Waals surface area contributed by atoms with Crippen LogP contribution in [0.4, 0.5) is 10.5 Å². The summed E-state index contributed by atoms with van der Waals surface area (Å²) in [5, 5.41) is 9.29. The van der Waals surface area contributed by atoms with E-state index in [1.165, 1.54) is 0 Å². The number of nitrogens with zero attached hydrogens (tertiary/aromatic N) is 3. The zero-order chi connectivity index (χ0) is 23.8. The Hall–Kier alpha value is -3.82. The zero-order valence-electron chi connectivity index (χ0n) is 19.3. The van der Waals surface area contributed by atoms with Crippen LogP contribution in [-0.2, 0) is 24.4 Å². The lowest BCUT2D eigenvalue weighted by atomic mass is 10.0. The van der Waals surface area contributed by atoms with Crippen molar-refractivity contribution in [3.8, 4) is 6.07 Å². The minimum absolute atomic E-state index is 0.261. The van der Waals surface area contributed by atoms with Crippen molar-refractivity contribution in [1.82, 2.24) is 4.90 Å². The molecule has 1 fully saturated rings.